The van der Waals surface area contributed by atoms with Gasteiger partial charge < -0.3 is 19.8 Å². The first-order valence-electron chi connectivity index (χ1n) is 8.35. The lowest BCUT2D eigenvalue weighted by Gasteiger charge is -2.25. The Morgan fingerprint density at radius 2 is 1.05 bits per heavy atom. The summed E-state index contributed by atoms with van der Waals surface area (Å²) in [5, 5.41) is 20.0. The van der Waals surface area contributed by atoms with Crippen molar-refractivity contribution in [3.8, 4) is 0 Å². The van der Waals surface area contributed by atoms with Gasteiger partial charge in [-0.2, -0.15) is 0 Å². The van der Waals surface area contributed by atoms with Crippen molar-refractivity contribution in [2.24, 2.45) is 10.8 Å². The van der Waals surface area contributed by atoms with E-state index in [1.165, 1.54) is 0 Å². The zero-order valence-corrected chi connectivity index (χ0v) is 14.7. The largest absolute Gasteiger partial charge is 0.393 e. The van der Waals surface area contributed by atoms with Crippen LogP contribution in [0.25, 0.3) is 0 Å². The Bertz CT molecular complexity index is 291. The van der Waals surface area contributed by atoms with Crippen LogP contribution in [-0.4, -0.2) is 35.0 Å². The van der Waals surface area contributed by atoms with Crippen molar-refractivity contribution in [2.75, 3.05) is 0 Å². The molecule has 22 heavy (non-hydrogen) atoms. The molecule has 0 aromatic heterocycles. The first-order chi connectivity index (χ1) is 10.1. The van der Waals surface area contributed by atoms with Crippen molar-refractivity contribution in [3.63, 3.8) is 0 Å². The van der Waals surface area contributed by atoms with Crippen LogP contribution in [0.3, 0.4) is 0 Å². The second-order valence-corrected chi connectivity index (χ2v) is 8.03. The molecule has 0 heterocycles. The molecule has 0 aliphatic carbocycles. The summed E-state index contributed by atoms with van der Waals surface area (Å²) >= 11 is 0. The number of aliphatic hydroxyl groups is 2. The Morgan fingerprint density at radius 3 is 1.32 bits per heavy atom. The van der Waals surface area contributed by atoms with Gasteiger partial charge in [0.1, 0.15) is 12.6 Å². The molecule has 0 saturated carbocycles. The summed E-state index contributed by atoms with van der Waals surface area (Å²) in [7, 11) is 0. The summed E-state index contributed by atoms with van der Waals surface area (Å²) in [5.74, 6) is 0. The van der Waals surface area contributed by atoms with E-state index < -0.39 is 12.2 Å². The van der Waals surface area contributed by atoms with E-state index in [1.807, 2.05) is 27.7 Å². The molecule has 2 atom stereocenters. The third-order valence-corrected chi connectivity index (χ3v) is 4.41. The molecule has 2 N–H and O–H groups in total. The number of aldehydes is 2. The topological polar surface area (TPSA) is 74.6 Å². The highest BCUT2D eigenvalue weighted by molar-refractivity contribution is 5.50. The summed E-state index contributed by atoms with van der Waals surface area (Å²) in [4.78, 5) is 21.1. The molecule has 2 unspecified atom stereocenters. The van der Waals surface area contributed by atoms with Gasteiger partial charge >= 0.3 is 0 Å². The number of carbonyl (C=O) groups excluding carboxylic acids is 2. The van der Waals surface area contributed by atoms with E-state index in [4.69, 9.17) is 0 Å². The van der Waals surface area contributed by atoms with Crippen molar-refractivity contribution in [1.29, 1.82) is 0 Å². The highest BCUT2D eigenvalue weighted by atomic mass is 16.3. The predicted molar refractivity (Wildman–Crippen MR) is 88.6 cm³/mol. The quantitative estimate of drug-likeness (QED) is 0.512. The van der Waals surface area contributed by atoms with Gasteiger partial charge in [-0.15, -0.1) is 0 Å². The van der Waals surface area contributed by atoms with E-state index in [-0.39, 0.29) is 10.8 Å². The fourth-order valence-electron chi connectivity index (χ4n) is 2.44. The van der Waals surface area contributed by atoms with Gasteiger partial charge in [0.25, 0.3) is 0 Å². The van der Waals surface area contributed by atoms with E-state index in [2.05, 4.69) is 0 Å². The van der Waals surface area contributed by atoms with Crippen LogP contribution in [-0.2, 0) is 9.59 Å². The minimum atomic E-state index is -0.427. The van der Waals surface area contributed by atoms with Crippen molar-refractivity contribution in [3.05, 3.63) is 0 Å². The second-order valence-electron chi connectivity index (χ2n) is 8.03. The summed E-state index contributed by atoms with van der Waals surface area (Å²) in [6.45, 7) is 8.10. The van der Waals surface area contributed by atoms with Crippen molar-refractivity contribution < 1.29 is 19.8 Å². The minimum absolute atomic E-state index is 0.0692. The Hall–Kier alpha value is -0.740. The van der Waals surface area contributed by atoms with Crippen LogP contribution in [0.15, 0.2) is 0 Å². The Kier molecular flexibility index (Phi) is 9.77. The van der Waals surface area contributed by atoms with E-state index in [9.17, 15) is 19.8 Å². The molecular weight excluding hydrogens is 280 g/mol. The Morgan fingerprint density at radius 1 is 0.727 bits per heavy atom. The fourth-order valence-corrected chi connectivity index (χ4v) is 2.44. The maximum Gasteiger partial charge on any atom is 0.120 e. The van der Waals surface area contributed by atoms with Crippen LogP contribution < -0.4 is 0 Å². The van der Waals surface area contributed by atoms with Gasteiger partial charge in [-0.3, -0.25) is 0 Å². The van der Waals surface area contributed by atoms with Crippen LogP contribution >= 0.6 is 0 Å². The molecule has 0 saturated heterocycles. The van der Waals surface area contributed by atoms with Gasteiger partial charge in [-0.25, -0.2) is 0 Å². The van der Waals surface area contributed by atoms with Crippen molar-refractivity contribution in [1.82, 2.24) is 0 Å². The molecule has 0 radical (unpaired) electrons. The molecule has 0 aliphatic heterocycles. The average molecular weight is 314 g/mol. The maximum atomic E-state index is 10.6. The predicted octanol–water partition coefficient (Wildman–Crippen LogP) is 3.28. The summed E-state index contributed by atoms with van der Waals surface area (Å²) in [6.07, 6.45) is 6.08. The summed E-state index contributed by atoms with van der Waals surface area (Å²) in [5.41, 5.74) is -0.138. The third kappa shape index (κ3) is 10.9. The van der Waals surface area contributed by atoms with Crippen molar-refractivity contribution in [2.45, 2.75) is 91.3 Å². The molecule has 0 fully saturated rings. The minimum Gasteiger partial charge on any atom is -0.393 e. The first kappa shape index (κ1) is 21.3. The second kappa shape index (κ2) is 10.1. The summed E-state index contributed by atoms with van der Waals surface area (Å²) < 4.78 is 0. The van der Waals surface area contributed by atoms with Gasteiger partial charge in [-0.05, 0) is 49.4 Å². The Labute approximate surface area is 135 Å². The number of hydrogen-bond donors (Lipinski definition) is 2. The van der Waals surface area contributed by atoms with Crippen LogP contribution in [0.2, 0.25) is 0 Å². The van der Waals surface area contributed by atoms with Crippen LogP contribution in [0.4, 0.5) is 0 Å². The van der Waals surface area contributed by atoms with Gasteiger partial charge in [0.2, 0.25) is 0 Å². The highest BCUT2D eigenvalue weighted by Crippen LogP contribution is 2.28. The third-order valence-electron chi connectivity index (χ3n) is 4.41. The molecule has 0 aliphatic rings. The van der Waals surface area contributed by atoms with Gasteiger partial charge in [0.05, 0.1) is 12.2 Å². The molecule has 0 bridgehead atoms. The van der Waals surface area contributed by atoms with Gasteiger partial charge in [-0.1, -0.05) is 27.7 Å². The number of aliphatic hydroxyl groups excluding tert-OH is 2. The van der Waals surface area contributed by atoms with E-state index in [0.717, 1.165) is 25.4 Å². The van der Waals surface area contributed by atoms with E-state index >= 15 is 0 Å². The smallest absolute Gasteiger partial charge is 0.120 e. The van der Waals surface area contributed by atoms with Crippen molar-refractivity contribution >= 4 is 12.6 Å². The van der Waals surface area contributed by atoms with E-state index in [0.29, 0.717) is 38.5 Å². The normalized spacial score (nSPS) is 15.4. The standard InChI is InChI=1S/C18H34O4/c1-17(2,11-13-19)9-7-15(21)5-6-16(22)8-10-18(3,4)12-14-20/h13-16,21-22H,5-12H2,1-4H3. The monoisotopic (exact) mass is 314 g/mol. The van der Waals surface area contributed by atoms with Gasteiger partial charge in [0.15, 0.2) is 0 Å². The molecule has 0 aromatic carbocycles. The number of hydrogen-bond acceptors (Lipinski definition) is 4. The molecule has 0 amide bonds. The lowest BCUT2D eigenvalue weighted by atomic mass is 9.82. The summed E-state index contributed by atoms with van der Waals surface area (Å²) in [6, 6.07) is 0. The molecule has 130 valence electrons. The molecule has 4 nitrogen and oxygen atoms in total. The van der Waals surface area contributed by atoms with E-state index in [1.54, 1.807) is 0 Å². The molecule has 0 rings (SSSR count). The first-order valence-corrected chi connectivity index (χ1v) is 8.35. The molecular formula is C18H34O4. The van der Waals surface area contributed by atoms with Crippen LogP contribution in [0.1, 0.15) is 79.1 Å². The van der Waals surface area contributed by atoms with Crippen LogP contribution in [0.5, 0.6) is 0 Å². The van der Waals surface area contributed by atoms with Crippen LogP contribution in [0, 0.1) is 10.8 Å². The SMILES string of the molecule is CC(C)(CC=O)CCC(O)CCC(O)CCC(C)(C)CC=O. The Balaban J connectivity index is 3.92. The maximum absolute atomic E-state index is 10.6. The molecule has 0 aromatic rings. The zero-order valence-electron chi connectivity index (χ0n) is 14.7. The molecule has 0 spiro atoms. The molecule has 4 heteroatoms. The lowest BCUT2D eigenvalue weighted by molar-refractivity contribution is -0.110. The van der Waals surface area contributed by atoms with Gasteiger partial charge in [0, 0.05) is 12.8 Å². The lowest BCUT2D eigenvalue weighted by Crippen LogP contribution is -2.20. The highest BCUT2D eigenvalue weighted by Gasteiger charge is 2.21. The number of rotatable bonds is 13. The number of carbonyl (C=O) groups is 2. The fraction of sp³-hybridized carbons (Fsp3) is 0.889. The zero-order chi connectivity index (χ0) is 17.2. The average Bonchev–Trinajstić information content (AvgIpc) is 2.41.